The van der Waals surface area contributed by atoms with Crippen LogP contribution in [-0.4, -0.2) is 139 Å². The number of piperazine rings is 1. The second kappa shape index (κ2) is 44.9. The van der Waals surface area contributed by atoms with Crippen LogP contribution in [0.3, 0.4) is 0 Å². The van der Waals surface area contributed by atoms with E-state index in [1.165, 1.54) is 84.9 Å². The van der Waals surface area contributed by atoms with Crippen molar-refractivity contribution in [1.29, 1.82) is 0 Å². The van der Waals surface area contributed by atoms with Crippen molar-refractivity contribution in [3.05, 3.63) is 352 Å². The van der Waals surface area contributed by atoms with Crippen molar-refractivity contribution in [3.8, 4) is 40.2 Å². The van der Waals surface area contributed by atoms with Gasteiger partial charge in [-0.3, -0.25) is 4.90 Å². The van der Waals surface area contributed by atoms with Gasteiger partial charge in [0.1, 0.15) is 40.2 Å². The number of hydrogen-bond donors (Lipinski definition) is 5. The summed E-state index contributed by atoms with van der Waals surface area (Å²) in [7, 11) is 1.61. The number of carbonyl (C=O) groups excluding carboxylic acids is 3. The molecule has 1 heterocycles. The molecular formula is C94H84F21N7O11. The van der Waals surface area contributed by atoms with E-state index >= 15 is 0 Å². The van der Waals surface area contributed by atoms with Crippen LogP contribution < -0.4 is 59.7 Å². The molecule has 18 nitrogen and oxygen atoms in total. The molecule has 12 rings (SSSR count). The third-order valence-corrected chi connectivity index (χ3v) is 20.6. The molecule has 0 radical (unpaired) electrons. The maximum atomic E-state index is 13.4. The first-order valence-corrected chi connectivity index (χ1v) is 40.2. The fraction of sp³-hybridized carbons (Fsp3) is 0.266. The van der Waals surface area contributed by atoms with Gasteiger partial charge in [0.05, 0.1) is 6.61 Å². The third-order valence-electron chi connectivity index (χ3n) is 20.6. The van der Waals surface area contributed by atoms with Gasteiger partial charge in [-0.05, 0) is 165 Å². The Balaban J connectivity index is 0.000000207. The van der Waals surface area contributed by atoms with Gasteiger partial charge in [0, 0.05) is 88.8 Å². The van der Waals surface area contributed by atoms with Gasteiger partial charge in [-0.1, -0.05) is 206 Å². The molecule has 0 unspecified atom stereocenters. The summed E-state index contributed by atoms with van der Waals surface area (Å²) >= 11 is 0. The van der Waals surface area contributed by atoms with Crippen LogP contribution in [0.15, 0.2) is 291 Å². The number of urea groups is 3. The Bertz CT molecular complexity index is 5360. The summed E-state index contributed by atoms with van der Waals surface area (Å²) in [5.41, 5.74) is 0.309. The van der Waals surface area contributed by atoms with E-state index in [9.17, 15) is 107 Å². The zero-order chi connectivity index (χ0) is 96.3. The number of amides is 6. The molecule has 0 atom stereocenters. The highest BCUT2D eigenvalue weighted by Gasteiger charge is 2.44. The molecule has 0 aliphatic carbocycles. The molecule has 39 heteroatoms. The van der Waals surface area contributed by atoms with Crippen molar-refractivity contribution in [2.75, 3.05) is 66.1 Å². The van der Waals surface area contributed by atoms with Crippen LogP contribution in [0.4, 0.5) is 107 Å². The van der Waals surface area contributed by atoms with Crippen molar-refractivity contribution in [1.82, 2.24) is 36.4 Å². The molecular weight excluding hydrogens is 1800 g/mol. The number of nitrogens with one attached hydrogen (secondary N) is 5. The number of hydrogen-bond acceptors (Lipinski definition) is 12. The van der Waals surface area contributed by atoms with E-state index in [0.29, 0.717) is 43.9 Å². The Morgan fingerprint density at radius 1 is 0.271 bits per heavy atom. The summed E-state index contributed by atoms with van der Waals surface area (Å²) < 4.78 is 309. The minimum absolute atomic E-state index is 0.0319. The van der Waals surface area contributed by atoms with E-state index in [1.807, 2.05) is 30.3 Å². The molecule has 708 valence electrons. The number of carbonyl (C=O) groups is 3. The standard InChI is InChI=1S/C32H25F9N2O4.C31H33F6N3O4.C31H26F6N2O3/c33-30(34,35)45-25-12-4-9-22(15-25)19-42-28(44)43-20-29(18-21-7-2-1-3-8-21,23-10-5-13-26(16-23)46-31(36,37)38)24-11-6-14-27(17-24)47-32(39,40)41;1-42-18-17-39-13-15-40(16-14-39)28(41)38-22-29(21-23-7-3-2-4-8-23,24-9-5-11-26(19-24)43-30(32,33)34)25-10-6-12-27(20-25)44-31(35,36)37;32-30(33,34)41-26-15-7-13-24(17-26)29(19-22-9-3-1-4-10-22,25-14-8-16-27(18-25)42-31(35,36)37)21-39-28(40)38-20-23-11-5-2-6-12-23/h1-17H,18-20H2,(H2,42,43,44);2-12,19-20H,13-18,21-22H2,1H3,(H,38,41);1-18H,19-21H2,(H2,38,39,40). The minimum Gasteiger partial charge on any atom is -0.406 e. The van der Waals surface area contributed by atoms with E-state index < -0.39 is 119 Å². The molecule has 11 aromatic carbocycles. The average molecular weight is 1890 g/mol. The van der Waals surface area contributed by atoms with Crippen molar-refractivity contribution < 1.29 is 144 Å². The summed E-state index contributed by atoms with van der Waals surface area (Å²) in [4.78, 5) is 43.1. The average Bonchev–Trinajstić information content (AvgIpc) is 0.772. The lowest BCUT2D eigenvalue weighted by Crippen LogP contribution is -2.54. The number of alkyl halides is 21. The van der Waals surface area contributed by atoms with Gasteiger partial charge in [0.25, 0.3) is 0 Å². The van der Waals surface area contributed by atoms with Crippen LogP contribution in [0.1, 0.15) is 61.2 Å². The van der Waals surface area contributed by atoms with Crippen molar-refractivity contribution in [3.63, 3.8) is 0 Å². The zero-order valence-electron chi connectivity index (χ0n) is 69.9. The predicted octanol–water partition coefficient (Wildman–Crippen LogP) is 21.9. The largest absolute Gasteiger partial charge is 0.573 e. The Hall–Kier alpha value is -13.7. The molecule has 0 spiro atoms. The zero-order valence-corrected chi connectivity index (χ0v) is 69.9. The molecule has 6 amide bonds. The second-order valence-electron chi connectivity index (χ2n) is 29.9. The summed E-state index contributed by atoms with van der Waals surface area (Å²) in [5.74, 6) is -3.79. The van der Waals surface area contributed by atoms with Crippen LogP contribution in [0.2, 0.25) is 0 Å². The number of halogens is 21. The van der Waals surface area contributed by atoms with E-state index in [0.717, 1.165) is 90.5 Å². The van der Waals surface area contributed by atoms with Gasteiger partial charge in [0.2, 0.25) is 0 Å². The van der Waals surface area contributed by atoms with Gasteiger partial charge in [-0.2, -0.15) is 0 Å². The lowest BCUT2D eigenvalue weighted by molar-refractivity contribution is -0.275. The predicted molar refractivity (Wildman–Crippen MR) is 445 cm³/mol. The second-order valence-corrected chi connectivity index (χ2v) is 29.9. The van der Waals surface area contributed by atoms with Crippen LogP contribution in [0.5, 0.6) is 40.2 Å². The van der Waals surface area contributed by atoms with Gasteiger partial charge in [0.15, 0.2) is 0 Å². The van der Waals surface area contributed by atoms with Crippen LogP contribution in [0, 0.1) is 0 Å². The lowest BCUT2D eigenvalue weighted by atomic mass is 9.70. The van der Waals surface area contributed by atoms with Crippen LogP contribution >= 0.6 is 0 Å². The van der Waals surface area contributed by atoms with Crippen LogP contribution in [-0.2, 0) is 53.3 Å². The maximum absolute atomic E-state index is 13.4. The highest BCUT2D eigenvalue weighted by atomic mass is 19.4. The SMILES string of the molecule is COCCN1CCN(C(=O)NCC(Cc2ccccc2)(c2cccc(OC(F)(F)F)c2)c2cccc(OC(F)(F)F)c2)CC1.O=C(NCc1cccc(OC(F)(F)F)c1)NCC(Cc1ccccc1)(c1cccc(OC(F)(F)F)c1)c1cccc(OC(F)(F)F)c1.O=C(NCc1ccccc1)NCC(Cc1ccccc1)(c1cccc(OC(F)(F)F)c1)c1cccc(OC(F)(F)F)c1. The van der Waals surface area contributed by atoms with E-state index in [1.54, 1.807) is 115 Å². The van der Waals surface area contributed by atoms with Crippen molar-refractivity contribution in [2.24, 2.45) is 0 Å². The fourth-order valence-corrected chi connectivity index (χ4v) is 14.8. The number of benzene rings is 11. The molecule has 0 aromatic heterocycles. The Morgan fingerprint density at radius 3 is 0.767 bits per heavy atom. The number of nitrogens with zero attached hydrogens (tertiary/aromatic N) is 2. The Labute approximate surface area is 747 Å². The molecule has 5 N–H and O–H groups in total. The van der Waals surface area contributed by atoms with Crippen molar-refractivity contribution in [2.45, 2.75) is 93.1 Å². The van der Waals surface area contributed by atoms with Gasteiger partial charge in [-0.15, -0.1) is 92.2 Å². The highest BCUT2D eigenvalue weighted by Crippen LogP contribution is 2.45. The monoisotopic (exact) mass is 1890 g/mol. The van der Waals surface area contributed by atoms with Crippen LogP contribution in [0.25, 0.3) is 0 Å². The quantitative estimate of drug-likeness (QED) is 0.0251. The molecule has 1 aliphatic rings. The summed E-state index contributed by atoms with van der Waals surface area (Å²) in [6.07, 6.45) is -34.8. The topological polar surface area (TPSA) is 192 Å². The summed E-state index contributed by atoms with van der Waals surface area (Å²) in [5, 5.41) is 13.5. The number of methoxy groups -OCH3 is 1. The van der Waals surface area contributed by atoms with E-state index in [4.69, 9.17) is 4.74 Å². The molecule has 133 heavy (non-hydrogen) atoms. The first-order valence-electron chi connectivity index (χ1n) is 40.2. The number of rotatable bonds is 32. The van der Waals surface area contributed by atoms with Crippen molar-refractivity contribution >= 4 is 18.1 Å². The first-order chi connectivity index (χ1) is 62.8. The molecule has 1 fully saturated rings. The third kappa shape index (κ3) is 33.0. The maximum Gasteiger partial charge on any atom is 0.573 e. The van der Waals surface area contributed by atoms with Gasteiger partial charge in [-0.25, -0.2) is 14.4 Å². The summed E-state index contributed by atoms with van der Waals surface area (Å²) in [6.45, 7) is 2.61. The summed E-state index contributed by atoms with van der Waals surface area (Å²) in [6, 6.07) is 68.8. The molecule has 1 aliphatic heterocycles. The molecule has 1 saturated heterocycles. The van der Waals surface area contributed by atoms with E-state index in [2.05, 4.69) is 64.6 Å². The first kappa shape index (κ1) is 101. The lowest BCUT2D eigenvalue weighted by Gasteiger charge is -2.38. The Kier molecular flexibility index (Phi) is 34.3. The Morgan fingerprint density at radius 2 is 0.504 bits per heavy atom. The smallest absolute Gasteiger partial charge is 0.406 e. The fourth-order valence-electron chi connectivity index (χ4n) is 14.8. The molecule has 0 saturated carbocycles. The minimum atomic E-state index is -5.05. The number of ether oxygens (including phenoxy) is 8. The molecule has 0 bridgehead atoms. The normalized spacial score (nSPS) is 13.0. The van der Waals surface area contributed by atoms with E-state index in [-0.39, 0.29) is 90.9 Å². The molecule has 11 aromatic rings. The van der Waals surface area contributed by atoms with Gasteiger partial charge >= 0.3 is 62.6 Å². The highest BCUT2D eigenvalue weighted by molar-refractivity contribution is 5.76. The van der Waals surface area contributed by atoms with Gasteiger partial charge < -0.3 is 69.4 Å².